The van der Waals surface area contributed by atoms with Gasteiger partial charge in [0.05, 0.1) is 0 Å². The number of rotatable bonds is 1. The van der Waals surface area contributed by atoms with Crippen molar-refractivity contribution in [1.29, 1.82) is 0 Å². The molecule has 0 radical (unpaired) electrons. The van der Waals surface area contributed by atoms with Gasteiger partial charge in [0.1, 0.15) is 0 Å². The minimum atomic E-state index is 0. The first kappa shape index (κ1) is 17.0. The summed E-state index contributed by atoms with van der Waals surface area (Å²) in [7, 11) is 0. The molecule has 0 saturated carbocycles. The summed E-state index contributed by atoms with van der Waals surface area (Å²) in [5.74, 6) is 0. The first-order valence-corrected chi connectivity index (χ1v) is 2.75. The quantitative estimate of drug-likeness (QED) is 0.192. The fourth-order valence-electron chi connectivity index (χ4n) is 0.375. The number of allylic oxidation sites excluding steroid dienone is 4. The van der Waals surface area contributed by atoms with Crippen LogP contribution in [0.25, 0.3) is 0 Å². The summed E-state index contributed by atoms with van der Waals surface area (Å²) >= 11 is 0. The Morgan fingerprint density at radius 3 is 1.10 bits per heavy atom. The monoisotopic (exact) mass is 122 g/mol. The van der Waals surface area contributed by atoms with E-state index in [9.17, 15) is 0 Å². The van der Waals surface area contributed by atoms with Crippen LogP contribution in [0.4, 0.5) is 0 Å². The van der Waals surface area contributed by atoms with Gasteiger partial charge in [0.2, 0.25) is 0 Å². The SMILES string of the molecule is C[C-]=C(C)C(C)=[C-]C.[Li+].[Li+]. The van der Waals surface area contributed by atoms with Crippen LogP contribution >= 0.6 is 0 Å². The summed E-state index contributed by atoms with van der Waals surface area (Å²) in [5, 5.41) is 0. The van der Waals surface area contributed by atoms with Gasteiger partial charge in [0.25, 0.3) is 0 Å². The molecule has 0 unspecified atom stereocenters. The number of hydrogen-bond acceptors (Lipinski definition) is 0. The summed E-state index contributed by atoms with van der Waals surface area (Å²) in [5.41, 5.74) is 2.38. The zero-order valence-electron chi connectivity index (χ0n) is 8.00. The van der Waals surface area contributed by atoms with Crippen molar-refractivity contribution < 1.29 is 37.7 Å². The van der Waals surface area contributed by atoms with Crippen LogP contribution in [0.15, 0.2) is 11.1 Å². The molecule has 10 heavy (non-hydrogen) atoms. The Morgan fingerprint density at radius 1 is 0.800 bits per heavy atom. The molecule has 0 fully saturated rings. The predicted molar refractivity (Wildman–Crippen MR) is 36.2 cm³/mol. The van der Waals surface area contributed by atoms with Gasteiger partial charge in [-0.3, -0.25) is 0 Å². The average molecular weight is 122 g/mol. The van der Waals surface area contributed by atoms with Gasteiger partial charge in [-0.1, -0.05) is 0 Å². The molecule has 0 aliphatic carbocycles. The molecule has 0 bridgehead atoms. The Labute approximate surface area is 88.5 Å². The predicted octanol–water partition coefficient (Wildman–Crippen LogP) is -3.47. The van der Waals surface area contributed by atoms with E-state index in [4.69, 9.17) is 0 Å². The van der Waals surface area contributed by atoms with Crippen LogP contribution in [0.2, 0.25) is 0 Å². The second-order valence-corrected chi connectivity index (χ2v) is 1.75. The van der Waals surface area contributed by atoms with Crippen LogP contribution in [0.3, 0.4) is 0 Å². The minimum Gasteiger partial charge on any atom is -0.376 e. The molecule has 46 valence electrons. The first-order chi connectivity index (χ1) is 3.72. The standard InChI is InChI=1S/C8H12.2Li/c1-5-7(3)8(4)6-2;;/h1-4H3;;/q-2;2*+1. The number of hydrogen-bond donors (Lipinski definition) is 0. The molecular weight excluding hydrogens is 110 g/mol. The smallest absolute Gasteiger partial charge is 0.376 e. The van der Waals surface area contributed by atoms with E-state index in [0.29, 0.717) is 0 Å². The Balaban J connectivity index is -0.000000245. The van der Waals surface area contributed by atoms with Gasteiger partial charge in [0.15, 0.2) is 0 Å². The van der Waals surface area contributed by atoms with E-state index in [1.54, 1.807) is 0 Å². The molecule has 0 aliphatic rings. The van der Waals surface area contributed by atoms with E-state index in [2.05, 4.69) is 12.2 Å². The maximum Gasteiger partial charge on any atom is 1.00 e. The maximum absolute atomic E-state index is 3.03. The van der Waals surface area contributed by atoms with Gasteiger partial charge in [-0.25, -0.2) is 0 Å². The Morgan fingerprint density at radius 2 is 1.00 bits per heavy atom. The molecule has 0 amide bonds. The van der Waals surface area contributed by atoms with Crippen molar-refractivity contribution in [3.05, 3.63) is 23.3 Å². The third-order valence-electron chi connectivity index (χ3n) is 1.31. The topological polar surface area (TPSA) is 0 Å². The van der Waals surface area contributed by atoms with Crippen molar-refractivity contribution in [2.75, 3.05) is 0 Å². The molecule has 0 nitrogen and oxygen atoms in total. The second kappa shape index (κ2) is 9.67. The van der Waals surface area contributed by atoms with Gasteiger partial charge in [0, 0.05) is 0 Å². The molecule has 0 spiro atoms. The van der Waals surface area contributed by atoms with E-state index in [1.165, 1.54) is 11.1 Å². The van der Waals surface area contributed by atoms with Crippen LogP contribution in [-0.4, -0.2) is 0 Å². The van der Waals surface area contributed by atoms with Crippen molar-refractivity contribution in [3.63, 3.8) is 0 Å². The van der Waals surface area contributed by atoms with Gasteiger partial charge >= 0.3 is 37.7 Å². The van der Waals surface area contributed by atoms with E-state index in [0.717, 1.165) is 0 Å². The van der Waals surface area contributed by atoms with Crippen molar-refractivity contribution in [2.24, 2.45) is 0 Å². The molecule has 0 aromatic carbocycles. The Kier molecular flexibility index (Phi) is 16.4. The van der Waals surface area contributed by atoms with Crippen LogP contribution < -0.4 is 37.7 Å². The summed E-state index contributed by atoms with van der Waals surface area (Å²) in [6.45, 7) is 7.89. The summed E-state index contributed by atoms with van der Waals surface area (Å²) in [4.78, 5) is 0. The van der Waals surface area contributed by atoms with E-state index in [-0.39, 0.29) is 37.7 Å². The van der Waals surface area contributed by atoms with Crippen LogP contribution in [0.5, 0.6) is 0 Å². The second-order valence-electron chi connectivity index (χ2n) is 1.75. The Hall–Kier alpha value is 0.675. The van der Waals surface area contributed by atoms with Crippen molar-refractivity contribution in [2.45, 2.75) is 27.7 Å². The van der Waals surface area contributed by atoms with E-state index in [1.807, 2.05) is 27.7 Å². The zero-order valence-corrected chi connectivity index (χ0v) is 8.00. The molecule has 0 aromatic heterocycles. The third kappa shape index (κ3) is 6.79. The fraction of sp³-hybridized carbons (Fsp3) is 0.500. The molecule has 0 N–H and O–H groups in total. The molecule has 0 saturated heterocycles. The molecule has 0 aliphatic heterocycles. The van der Waals surface area contributed by atoms with Gasteiger partial charge < -0.3 is 23.3 Å². The van der Waals surface area contributed by atoms with Crippen molar-refractivity contribution >= 4 is 0 Å². The average Bonchev–Trinajstić information content (AvgIpc) is 1.84. The fourth-order valence-corrected chi connectivity index (χ4v) is 0.375. The van der Waals surface area contributed by atoms with E-state index < -0.39 is 0 Å². The normalized spacial score (nSPS) is 11.6. The van der Waals surface area contributed by atoms with Crippen molar-refractivity contribution in [3.8, 4) is 0 Å². The Bertz CT molecular complexity index is 107. The largest absolute Gasteiger partial charge is 1.00 e. The first-order valence-electron chi connectivity index (χ1n) is 2.75. The van der Waals surface area contributed by atoms with E-state index >= 15 is 0 Å². The van der Waals surface area contributed by atoms with Gasteiger partial charge in [-0.05, 0) is 0 Å². The summed E-state index contributed by atoms with van der Waals surface area (Å²) in [6.07, 6.45) is 6.07. The minimum absolute atomic E-state index is 0. The molecule has 0 atom stereocenters. The summed E-state index contributed by atoms with van der Waals surface area (Å²) < 4.78 is 0. The molecule has 2 heteroatoms. The third-order valence-corrected chi connectivity index (χ3v) is 1.31. The zero-order chi connectivity index (χ0) is 6.57. The molecular formula is C8H12Li2. The maximum atomic E-state index is 3.03. The van der Waals surface area contributed by atoms with Crippen LogP contribution in [0, 0.1) is 12.2 Å². The van der Waals surface area contributed by atoms with Crippen LogP contribution in [-0.2, 0) is 0 Å². The molecule has 0 aromatic rings. The molecule has 0 heterocycles. The van der Waals surface area contributed by atoms with Gasteiger partial charge in [-0.15, -0.1) is 27.7 Å². The summed E-state index contributed by atoms with van der Waals surface area (Å²) in [6, 6.07) is 0. The van der Waals surface area contributed by atoms with Crippen LogP contribution in [0.1, 0.15) is 27.7 Å². The molecule has 0 rings (SSSR count). The van der Waals surface area contributed by atoms with Crippen molar-refractivity contribution in [1.82, 2.24) is 0 Å². The van der Waals surface area contributed by atoms with Gasteiger partial charge in [-0.2, -0.15) is 0 Å².